The highest BCUT2D eigenvalue weighted by molar-refractivity contribution is 7.92. The molecule has 7 heteroatoms. The molecule has 3 aromatic carbocycles. The van der Waals surface area contributed by atoms with Gasteiger partial charge in [-0.05, 0) is 37.6 Å². The molecule has 0 unspecified atom stereocenters. The Morgan fingerprint density at radius 3 is 2.18 bits per heavy atom. The molecule has 0 aliphatic carbocycles. The number of hydrogen-bond donors (Lipinski definition) is 0. The maximum absolute atomic E-state index is 13.5. The Morgan fingerprint density at radius 1 is 0.929 bits per heavy atom. The monoisotopic (exact) mass is 396 g/mol. The Labute approximate surface area is 164 Å². The molecule has 0 amide bonds. The van der Waals surface area contributed by atoms with Gasteiger partial charge in [-0.15, -0.1) is 0 Å². The minimum absolute atomic E-state index is 0.120. The van der Waals surface area contributed by atoms with Gasteiger partial charge in [0.05, 0.1) is 21.5 Å². The number of aryl methyl sites for hydroxylation is 1. The van der Waals surface area contributed by atoms with Gasteiger partial charge in [-0.3, -0.25) is 14.4 Å². The summed E-state index contributed by atoms with van der Waals surface area (Å²) in [5.74, 6) is 0. The molecule has 0 heterocycles. The van der Waals surface area contributed by atoms with Gasteiger partial charge in [0.2, 0.25) is 0 Å². The first-order chi connectivity index (χ1) is 13.3. The molecule has 0 aliphatic heterocycles. The number of nitro groups is 1. The lowest BCUT2D eigenvalue weighted by Crippen LogP contribution is -2.33. The summed E-state index contributed by atoms with van der Waals surface area (Å²) < 4.78 is 28.3. The summed E-state index contributed by atoms with van der Waals surface area (Å²) in [5, 5.41) is 11.1. The standard InChI is InChI=1S/C21H20N2O4S/c1-16-11-13-19(14-12-16)22(17(2)18-7-4-3-5-8-18)28(26,27)21-10-6-9-20(15-21)23(24)25/h3-15,17H,1-2H3/t17-/m0/s1. The lowest BCUT2D eigenvalue weighted by Gasteiger charge is -2.31. The number of sulfonamides is 1. The predicted molar refractivity (Wildman–Crippen MR) is 109 cm³/mol. The van der Waals surface area contributed by atoms with E-state index in [0.717, 1.165) is 17.2 Å². The molecule has 0 aliphatic rings. The summed E-state index contributed by atoms with van der Waals surface area (Å²) in [5.41, 5.74) is 2.05. The van der Waals surface area contributed by atoms with Gasteiger partial charge >= 0.3 is 0 Å². The van der Waals surface area contributed by atoms with Crippen LogP contribution >= 0.6 is 0 Å². The molecule has 3 aromatic rings. The van der Waals surface area contributed by atoms with E-state index in [1.807, 2.05) is 49.4 Å². The van der Waals surface area contributed by atoms with Crippen molar-refractivity contribution in [3.05, 3.63) is 100 Å². The largest absolute Gasteiger partial charge is 0.270 e. The first-order valence-electron chi connectivity index (χ1n) is 8.71. The Balaban J connectivity index is 2.16. The Bertz CT molecular complexity index is 1080. The average Bonchev–Trinajstić information content (AvgIpc) is 2.70. The zero-order valence-electron chi connectivity index (χ0n) is 15.5. The summed E-state index contributed by atoms with van der Waals surface area (Å²) in [6, 6.07) is 21.0. The first-order valence-corrected chi connectivity index (χ1v) is 10.2. The van der Waals surface area contributed by atoms with Gasteiger partial charge in [0.1, 0.15) is 0 Å². The lowest BCUT2D eigenvalue weighted by atomic mass is 10.1. The molecule has 0 spiro atoms. The van der Waals surface area contributed by atoms with Gasteiger partial charge < -0.3 is 0 Å². The van der Waals surface area contributed by atoms with E-state index in [1.165, 1.54) is 22.5 Å². The number of non-ortho nitro benzene ring substituents is 1. The van der Waals surface area contributed by atoms with Gasteiger partial charge in [0, 0.05) is 12.1 Å². The topological polar surface area (TPSA) is 80.5 Å². The van der Waals surface area contributed by atoms with Gasteiger partial charge in [0.25, 0.3) is 15.7 Å². The maximum atomic E-state index is 13.5. The number of rotatable bonds is 6. The molecule has 0 bridgehead atoms. The summed E-state index contributed by atoms with van der Waals surface area (Å²) in [6.45, 7) is 3.72. The molecular formula is C21H20N2O4S. The van der Waals surface area contributed by atoms with Crippen LogP contribution in [-0.4, -0.2) is 13.3 Å². The fourth-order valence-electron chi connectivity index (χ4n) is 3.00. The normalized spacial score (nSPS) is 12.4. The van der Waals surface area contributed by atoms with Gasteiger partial charge in [0.15, 0.2) is 0 Å². The van der Waals surface area contributed by atoms with Crippen molar-refractivity contribution in [3.8, 4) is 0 Å². The van der Waals surface area contributed by atoms with Crippen LogP contribution in [0.5, 0.6) is 0 Å². The average molecular weight is 396 g/mol. The summed E-state index contributed by atoms with van der Waals surface area (Å²) in [7, 11) is -4.04. The first kappa shape index (κ1) is 19.6. The van der Waals surface area contributed by atoms with Gasteiger partial charge in [-0.2, -0.15) is 0 Å². The highest BCUT2D eigenvalue weighted by Crippen LogP contribution is 2.34. The number of nitro benzene ring substituents is 1. The lowest BCUT2D eigenvalue weighted by molar-refractivity contribution is -0.385. The van der Waals surface area contributed by atoms with Crippen LogP contribution in [0.15, 0.2) is 83.8 Å². The number of benzene rings is 3. The van der Waals surface area contributed by atoms with Crippen molar-refractivity contribution in [1.29, 1.82) is 0 Å². The van der Waals surface area contributed by atoms with Crippen LogP contribution in [0.4, 0.5) is 11.4 Å². The summed E-state index contributed by atoms with van der Waals surface area (Å²) in [6.07, 6.45) is 0. The van der Waals surface area contributed by atoms with E-state index < -0.39 is 21.0 Å². The van der Waals surface area contributed by atoms with E-state index in [4.69, 9.17) is 0 Å². The number of nitrogens with zero attached hydrogens (tertiary/aromatic N) is 2. The zero-order valence-corrected chi connectivity index (χ0v) is 16.3. The molecule has 0 aromatic heterocycles. The van der Waals surface area contributed by atoms with Crippen molar-refractivity contribution in [2.75, 3.05) is 4.31 Å². The Morgan fingerprint density at radius 2 is 1.57 bits per heavy atom. The van der Waals surface area contributed by atoms with E-state index in [-0.39, 0.29) is 10.6 Å². The number of anilines is 1. The van der Waals surface area contributed by atoms with Crippen LogP contribution in [0.1, 0.15) is 24.1 Å². The summed E-state index contributed by atoms with van der Waals surface area (Å²) >= 11 is 0. The SMILES string of the molecule is Cc1ccc(N([C@@H](C)c2ccccc2)S(=O)(=O)c2cccc([N+](=O)[O-])c2)cc1. The van der Waals surface area contributed by atoms with Crippen molar-refractivity contribution >= 4 is 21.4 Å². The van der Waals surface area contributed by atoms with Crippen LogP contribution < -0.4 is 4.31 Å². The molecular weight excluding hydrogens is 376 g/mol. The second-order valence-electron chi connectivity index (χ2n) is 6.48. The fourth-order valence-corrected chi connectivity index (χ4v) is 4.68. The Hall–Kier alpha value is -3.19. The third-order valence-corrected chi connectivity index (χ3v) is 6.40. The zero-order chi connectivity index (χ0) is 20.3. The van der Waals surface area contributed by atoms with Crippen LogP contribution in [0.2, 0.25) is 0 Å². The van der Waals surface area contributed by atoms with Crippen LogP contribution in [-0.2, 0) is 10.0 Å². The van der Waals surface area contributed by atoms with Gasteiger partial charge in [-0.1, -0.05) is 54.1 Å². The van der Waals surface area contributed by atoms with Crippen molar-refractivity contribution < 1.29 is 13.3 Å². The van der Waals surface area contributed by atoms with E-state index in [2.05, 4.69) is 0 Å². The van der Waals surface area contributed by atoms with Crippen LogP contribution in [0.25, 0.3) is 0 Å². The van der Waals surface area contributed by atoms with Crippen molar-refractivity contribution in [1.82, 2.24) is 0 Å². The van der Waals surface area contributed by atoms with Crippen LogP contribution in [0, 0.1) is 17.0 Å². The van der Waals surface area contributed by atoms with Crippen molar-refractivity contribution in [3.63, 3.8) is 0 Å². The minimum Gasteiger partial charge on any atom is -0.259 e. The smallest absolute Gasteiger partial charge is 0.259 e. The summed E-state index contributed by atoms with van der Waals surface area (Å²) in [4.78, 5) is 10.4. The molecule has 0 saturated carbocycles. The highest BCUT2D eigenvalue weighted by atomic mass is 32.2. The molecule has 0 radical (unpaired) electrons. The van der Waals surface area contributed by atoms with E-state index in [9.17, 15) is 18.5 Å². The quantitative estimate of drug-likeness (QED) is 0.440. The van der Waals surface area contributed by atoms with Crippen LogP contribution in [0.3, 0.4) is 0 Å². The molecule has 1 atom stereocenters. The third kappa shape index (κ3) is 3.89. The van der Waals surface area contributed by atoms with E-state index >= 15 is 0 Å². The van der Waals surface area contributed by atoms with Crippen molar-refractivity contribution in [2.45, 2.75) is 24.8 Å². The molecule has 28 heavy (non-hydrogen) atoms. The minimum atomic E-state index is -4.04. The number of hydrogen-bond acceptors (Lipinski definition) is 4. The fraction of sp³-hybridized carbons (Fsp3) is 0.143. The third-order valence-electron chi connectivity index (χ3n) is 4.51. The van der Waals surface area contributed by atoms with Crippen molar-refractivity contribution in [2.24, 2.45) is 0 Å². The molecule has 0 saturated heterocycles. The van der Waals surface area contributed by atoms with E-state index in [0.29, 0.717) is 5.69 Å². The molecule has 0 N–H and O–H groups in total. The maximum Gasteiger partial charge on any atom is 0.270 e. The molecule has 6 nitrogen and oxygen atoms in total. The molecule has 144 valence electrons. The second-order valence-corrected chi connectivity index (χ2v) is 8.29. The Kier molecular flexibility index (Phi) is 5.46. The highest BCUT2D eigenvalue weighted by Gasteiger charge is 2.31. The van der Waals surface area contributed by atoms with E-state index in [1.54, 1.807) is 19.1 Å². The van der Waals surface area contributed by atoms with Gasteiger partial charge in [-0.25, -0.2) is 8.42 Å². The second kappa shape index (κ2) is 7.82. The molecule has 0 fully saturated rings. The molecule has 3 rings (SSSR count). The predicted octanol–water partition coefficient (Wildman–Crippen LogP) is 4.86.